The molecule has 0 bridgehead atoms. The summed E-state index contributed by atoms with van der Waals surface area (Å²) in [4.78, 5) is 0. The molecule has 4 aliphatic rings. The highest BCUT2D eigenvalue weighted by Gasteiger charge is 2.56. The van der Waals surface area contributed by atoms with Crippen LogP contribution in [0.4, 0.5) is 0 Å². The number of hydrogen-bond donors (Lipinski definition) is 0. The zero-order chi connectivity index (χ0) is 44.2. The van der Waals surface area contributed by atoms with Gasteiger partial charge in [0.1, 0.15) is 0 Å². The fourth-order valence-corrected chi connectivity index (χ4v) is 18.6. The topological polar surface area (TPSA) is 9.86 Å². The fourth-order valence-electron chi connectivity index (χ4n) is 13.0. The molecular weight excluding hydrogens is 788 g/mol. The average molecular weight is 847 g/mol. The van der Waals surface area contributed by atoms with Gasteiger partial charge in [-0.2, -0.15) is 0 Å². The van der Waals surface area contributed by atoms with E-state index in [4.69, 9.17) is 0 Å². The minimum atomic E-state index is -2.94. The van der Waals surface area contributed by atoms with Gasteiger partial charge in [-0.25, -0.2) is 0 Å². The summed E-state index contributed by atoms with van der Waals surface area (Å²) in [6, 6.07) is 43.7. The molecule has 0 N–H and O–H groups in total. The average Bonchev–Trinajstić information content (AvgIpc) is 3.89. The smallest absolute Gasteiger partial charge is 0.252 e. The summed E-state index contributed by atoms with van der Waals surface area (Å²) in [5.41, 5.74) is 24.4. The Morgan fingerprint density at radius 1 is 0.375 bits per heavy atom. The Hall–Kier alpha value is -5.58. The Morgan fingerprint density at radius 2 is 0.828 bits per heavy atom. The molecule has 0 saturated carbocycles. The van der Waals surface area contributed by atoms with Crippen LogP contribution in [-0.2, 0) is 0 Å². The molecule has 6 heterocycles. The SMILES string of the molecule is CC(C)c1ccc2c(c1)-c1cc(C(C)C)ccc1[Si]21c2ccc3c4c2-n2c5c(cc(C(C)C)cc5c5cc(C(C)C)cc1c52)B4c1cc(C(C)C)cc2c4ccc(C(C)C)cc4n-3c12. The van der Waals surface area contributed by atoms with Gasteiger partial charge in [-0.3, -0.25) is 0 Å². The molecule has 0 saturated heterocycles. The molecule has 1 spiro atoms. The molecule has 7 aromatic carbocycles. The molecule has 2 aromatic heterocycles. The van der Waals surface area contributed by atoms with E-state index in [1.165, 1.54) is 116 Å². The van der Waals surface area contributed by atoms with Gasteiger partial charge in [-0.15, -0.1) is 0 Å². The lowest BCUT2D eigenvalue weighted by atomic mass is 9.34. The van der Waals surface area contributed by atoms with Crippen molar-refractivity contribution >= 4 is 95.5 Å². The highest BCUT2D eigenvalue weighted by molar-refractivity contribution is 7.24. The maximum Gasteiger partial charge on any atom is 0.252 e. The Kier molecular flexibility index (Phi) is 7.78. The third kappa shape index (κ3) is 4.58. The van der Waals surface area contributed by atoms with Crippen molar-refractivity contribution in [1.82, 2.24) is 9.13 Å². The molecule has 0 amide bonds. The van der Waals surface area contributed by atoms with Crippen molar-refractivity contribution in [3.05, 3.63) is 137 Å². The van der Waals surface area contributed by atoms with E-state index >= 15 is 0 Å². The number of rotatable bonds is 6. The first-order valence-electron chi connectivity index (χ1n) is 24.5. The first-order chi connectivity index (χ1) is 30.7. The second kappa shape index (κ2) is 12.8. The number of benzene rings is 7. The molecule has 13 rings (SSSR count). The summed E-state index contributed by atoms with van der Waals surface area (Å²) < 4.78 is 5.54. The number of fused-ring (bicyclic) bond motifs is 14. The van der Waals surface area contributed by atoms with E-state index in [1.807, 2.05) is 0 Å². The van der Waals surface area contributed by atoms with Crippen molar-refractivity contribution in [3.8, 4) is 22.5 Å². The summed E-state index contributed by atoms with van der Waals surface area (Å²) in [6.07, 6.45) is 0. The van der Waals surface area contributed by atoms with Crippen LogP contribution in [-0.4, -0.2) is 23.9 Å². The quantitative estimate of drug-likeness (QED) is 0.148. The Balaban J connectivity index is 1.30. The van der Waals surface area contributed by atoms with Crippen molar-refractivity contribution in [2.75, 3.05) is 0 Å². The first kappa shape index (κ1) is 38.8. The number of hydrogen-bond acceptors (Lipinski definition) is 0. The lowest BCUT2D eigenvalue weighted by Gasteiger charge is -2.43. The fraction of sp³-hybridized carbons (Fsp3) is 0.300. The largest absolute Gasteiger partial charge is 0.310 e. The van der Waals surface area contributed by atoms with Gasteiger partial charge in [0.05, 0.1) is 11.0 Å². The van der Waals surface area contributed by atoms with Gasteiger partial charge in [0.2, 0.25) is 0 Å². The van der Waals surface area contributed by atoms with E-state index in [2.05, 4.69) is 195 Å². The van der Waals surface area contributed by atoms with Gasteiger partial charge in [0.15, 0.2) is 8.07 Å². The minimum Gasteiger partial charge on any atom is -0.310 e. The molecule has 64 heavy (non-hydrogen) atoms. The van der Waals surface area contributed by atoms with E-state index in [0.717, 1.165) is 0 Å². The Bertz CT molecular complexity index is 3530. The second-order valence-corrected chi connectivity index (χ2v) is 25.7. The number of nitrogens with zero attached hydrogens (tertiary/aromatic N) is 2. The lowest BCUT2D eigenvalue weighted by molar-refractivity contribution is 0.866. The maximum atomic E-state index is 2.83. The standard InChI is InChI=1S/C60H59BN2Si/c1-30(2)36-14-18-52-43(21-36)44-22-37(31(3)4)15-19-53(44)64(52)54-20-17-50-56-60(54)63-58-46(47-25-41(35(11)12)29-55(64)59(47)63)24-40(34(9)10)27-49(58)61(56)48-26-39(33(7)8)23-45-42-16-13-38(32(5)6)28-51(42)62(50)57(45)48/h13-35H,1-12H3. The Morgan fingerprint density at radius 3 is 1.38 bits per heavy atom. The molecule has 0 unspecified atom stereocenters. The molecule has 9 aromatic rings. The monoisotopic (exact) mass is 846 g/mol. The van der Waals surface area contributed by atoms with Crippen LogP contribution < -0.4 is 37.1 Å². The third-order valence-corrected chi connectivity index (χ3v) is 21.4. The van der Waals surface area contributed by atoms with Crippen molar-refractivity contribution in [1.29, 1.82) is 0 Å². The summed E-state index contributed by atoms with van der Waals surface area (Å²) in [6.45, 7) is 28.6. The van der Waals surface area contributed by atoms with Gasteiger partial charge in [0, 0.05) is 44.0 Å². The zero-order valence-corrected chi connectivity index (χ0v) is 40.8. The summed E-state index contributed by atoms with van der Waals surface area (Å²) in [5.74, 6) is 2.54. The van der Waals surface area contributed by atoms with Crippen LogP contribution in [0.25, 0.3) is 66.1 Å². The molecule has 0 aliphatic carbocycles. The molecule has 0 radical (unpaired) electrons. The first-order valence-corrected chi connectivity index (χ1v) is 26.5. The van der Waals surface area contributed by atoms with Crippen LogP contribution >= 0.6 is 0 Å². The summed E-state index contributed by atoms with van der Waals surface area (Å²) in [7, 11) is -2.94. The van der Waals surface area contributed by atoms with Gasteiger partial charge >= 0.3 is 0 Å². The highest BCUT2D eigenvalue weighted by atomic mass is 28.3. The van der Waals surface area contributed by atoms with E-state index in [1.54, 1.807) is 20.7 Å². The van der Waals surface area contributed by atoms with Gasteiger partial charge in [-0.1, -0.05) is 156 Å². The normalized spacial score (nSPS) is 14.9. The van der Waals surface area contributed by atoms with Crippen LogP contribution in [0.5, 0.6) is 0 Å². The van der Waals surface area contributed by atoms with Crippen LogP contribution in [0.2, 0.25) is 0 Å². The molecule has 4 aliphatic heterocycles. The van der Waals surface area contributed by atoms with Gasteiger partial charge in [0.25, 0.3) is 6.71 Å². The van der Waals surface area contributed by atoms with E-state index in [9.17, 15) is 0 Å². The Labute approximate surface area is 380 Å². The maximum absolute atomic E-state index is 2.94. The van der Waals surface area contributed by atoms with Crippen LogP contribution in [0.3, 0.4) is 0 Å². The number of aromatic nitrogens is 2. The van der Waals surface area contributed by atoms with Crippen molar-refractivity contribution in [3.63, 3.8) is 0 Å². The van der Waals surface area contributed by atoms with E-state index < -0.39 is 8.07 Å². The second-order valence-electron chi connectivity index (χ2n) is 22.0. The molecule has 0 fully saturated rings. The van der Waals surface area contributed by atoms with Crippen LogP contribution in [0.15, 0.2) is 103 Å². The predicted octanol–water partition coefficient (Wildman–Crippen LogP) is 11.4. The lowest BCUT2D eigenvalue weighted by Crippen LogP contribution is -2.77. The molecule has 316 valence electrons. The predicted molar refractivity (Wildman–Crippen MR) is 280 cm³/mol. The van der Waals surface area contributed by atoms with Crippen molar-refractivity contribution in [2.24, 2.45) is 0 Å². The molecule has 0 atom stereocenters. The van der Waals surface area contributed by atoms with E-state index in [0.29, 0.717) is 35.5 Å². The minimum absolute atomic E-state index is 0.106. The molecule has 2 nitrogen and oxygen atoms in total. The molecule has 4 heteroatoms. The summed E-state index contributed by atoms with van der Waals surface area (Å²) >= 11 is 0. The van der Waals surface area contributed by atoms with Gasteiger partial charge < -0.3 is 9.13 Å². The summed E-state index contributed by atoms with van der Waals surface area (Å²) in [5, 5.41) is 11.9. The van der Waals surface area contributed by atoms with Crippen molar-refractivity contribution < 1.29 is 0 Å². The van der Waals surface area contributed by atoms with Crippen LogP contribution in [0.1, 0.15) is 152 Å². The highest BCUT2D eigenvalue weighted by Crippen LogP contribution is 2.45. The van der Waals surface area contributed by atoms with Crippen LogP contribution in [0, 0.1) is 0 Å². The third-order valence-electron chi connectivity index (χ3n) is 16.5. The molecular formula is C60H59BN2Si. The van der Waals surface area contributed by atoms with Crippen molar-refractivity contribution in [2.45, 2.75) is 119 Å². The van der Waals surface area contributed by atoms with Gasteiger partial charge in [-0.05, 0) is 147 Å². The zero-order valence-electron chi connectivity index (χ0n) is 39.8. The van der Waals surface area contributed by atoms with E-state index in [-0.39, 0.29) is 6.71 Å².